The Morgan fingerprint density at radius 2 is 1.54 bits per heavy atom. The number of anilines is 3. The molecule has 8 rings (SSSR count). The minimum Gasteiger partial charge on any atom is -0.525 e. The van der Waals surface area contributed by atoms with Gasteiger partial charge in [-0.2, -0.15) is 0 Å². The van der Waals surface area contributed by atoms with Crippen LogP contribution in [0.1, 0.15) is 113 Å². The number of fused-ring (bicyclic) bond motifs is 5. The molecule has 2 aliphatic heterocycles. The molecule has 280 valence electrons. The van der Waals surface area contributed by atoms with Crippen LogP contribution in [-0.4, -0.2) is 26.5 Å². The summed E-state index contributed by atoms with van der Waals surface area (Å²) in [6, 6.07) is 24.3. The van der Waals surface area contributed by atoms with Crippen molar-refractivity contribution in [1.29, 1.82) is 0 Å². The van der Waals surface area contributed by atoms with Gasteiger partial charge >= 0.3 is 21.1 Å². The second kappa shape index (κ2) is 12.6. The number of ether oxygens (including phenoxy) is 2. The summed E-state index contributed by atoms with van der Waals surface area (Å²) in [6.07, 6.45) is 6.11. The van der Waals surface area contributed by atoms with E-state index in [1.54, 1.807) is 12.4 Å². The van der Waals surface area contributed by atoms with Crippen molar-refractivity contribution in [3.8, 4) is 11.6 Å². The maximum absolute atomic E-state index is 7.03. The molecule has 0 radical (unpaired) electrons. The molecular weight excluding hydrogens is 850 g/mol. The Morgan fingerprint density at radius 1 is 0.815 bits per heavy atom. The van der Waals surface area contributed by atoms with Crippen LogP contribution >= 0.6 is 0 Å². The molecule has 0 amide bonds. The molecular formula is C46H49N5O2Pt. The molecule has 0 spiro atoms. The predicted molar refractivity (Wildman–Crippen MR) is 211 cm³/mol. The molecule has 3 aromatic heterocycles. The van der Waals surface area contributed by atoms with Crippen molar-refractivity contribution in [2.24, 2.45) is 10.4 Å². The van der Waals surface area contributed by atoms with E-state index in [-0.39, 0.29) is 43.2 Å². The van der Waals surface area contributed by atoms with Crippen molar-refractivity contribution >= 4 is 23.1 Å². The number of aryl methyl sites for hydroxylation is 3. The fourth-order valence-electron chi connectivity index (χ4n) is 8.63. The fraction of sp³-hybridized carbons (Fsp3) is 0.391. The summed E-state index contributed by atoms with van der Waals surface area (Å²) in [5.74, 6) is 2.07. The van der Waals surface area contributed by atoms with Gasteiger partial charge < -0.3 is 19.4 Å². The van der Waals surface area contributed by atoms with Crippen LogP contribution in [-0.2, 0) is 48.6 Å². The Balaban J connectivity index is 0.00000450. The van der Waals surface area contributed by atoms with E-state index < -0.39 is 11.1 Å². The van der Waals surface area contributed by atoms with Gasteiger partial charge in [0.05, 0.1) is 0 Å². The van der Waals surface area contributed by atoms with Crippen LogP contribution in [0.15, 0.2) is 72.1 Å². The zero-order valence-corrected chi connectivity index (χ0v) is 35.7. The quantitative estimate of drug-likeness (QED) is 0.167. The number of aromatic nitrogens is 3. The third-order valence-electron chi connectivity index (χ3n) is 11.9. The van der Waals surface area contributed by atoms with E-state index >= 15 is 0 Å². The SMILES string of the molecule is Cc1ccc2c(c1)C(C)(C)c1ncc(Oc3[c-]c(C4=N[C@]5(C)c6cc(C)c(C)cc6C[C@]5(C(C)(C)C)O4)ccn3)[c-]c1N2c1cc(C(C)(C)C)ccn1.[Pt+2]. The van der Waals surface area contributed by atoms with Gasteiger partial charge in [-0.25, -0.2) is 9.97 Å². The molecule has 2 atom stereocenters. The van der Waals surface area contributed by atoms with Crippen LogP contribution < -0.4 is 9.64 Å². The summed E-state index contributed by atoms with van der Waals surface area (Å²) >= 11 is 0. The number of rotatable bonds is 4. The summed E-state index contributed by atoms with van der Waals surface area (Å²) in [7, 11) is 0. The number of hydrogen-bond donors (Lipinski definition) is 0. The Bertz CT molecular complexity index is 2350. The van der Waals surface area contributed by atoms with Gasteiger partial charge in [0, 0.05) is 29.5 Å². The van der Waals surface area contributed by atoms with E-state index in [2.05, 4.69) is 148 Å². The van der Waals surface area contributed by atoms with Gasteiger partial charge in [-0.05, 0) is 114 Å². The molecule has 7 nitrogen and oxygen atoms in total. The summed E-state index contributed by atoms with van der Waals surface area (Å²) in [5.41, 5.74) is 10.3. The van der Waals surface area contributed by atoms with Gasteiger partial charge in [0.25, 0.3) is 0 Å². The van der Waals surface area contributed by atoms with Gasteiger partial charge in [0.2, 0.25) is 0 Å². The topological polar surface area (TPSA) is 72.7 Å². The van der Waals surface area contributed by atoms with E-state index in [1.165, 1.54) is 38.9 Å². The van der Waals surface area contributed by atoms with Gasteiger partial charge in [-0.3, -0.25) is 4.99 Å². The Morgan fingerprint density at radius 3 is 2.26 bits per heavy atom. The Labute approximate surface area is 335 Å². The molecule has 0 fully saturated rings. The van der Waals surface area contributed by atoms with Crippen molar-refractivity contribution in [1.82, 2.24) is 15.0 Å². The summed E-state index contributed by atoms with van der Waals surface area (Å²) < 4.78 is 13.5. The maximum Gasteiger partial charge on any atom is 2.00 e. The van der Waals surface area contributed by atoms with E-state index in [0.717, 1.165) is 29.3 Å². The number of nitrogens with zero attached hydrogens (tertiary/aromatic N) is 5. The Kier molecular flexibility index (Phi) is 8.85. The van der Waals surface area contributed by atoms with Gasteiger partial charge in [-0.1, -0.05) is 85.2 Å². The van der Waals surface area contributed by atoms with E-state index in [9.17, 15) is 0 Å². The second-order valence-corrected chi connectivity index (χ2v) is 17.9. The summed E-state index contributed by atoms with van der Waals surface area (Å²) in [6.45, 7) is 26.5. The van der Waals surface area contributed by atoms with Gasteiger partial charge in [0.15, 0.2) is 5.88 Å². The third-order valence-corrected chi connectivity index (χ3v) is 11.9. The van der Waals surface area contributed by atoms with Crippen molar-refractivity contribution in [3.05, 3.63) is 129 Å². The minimum absolute atomic E-state index is 0. The first-order valence-electron chi connectivity index (χ1n) is 18.6. The smallest absolute Gasteiger partial charge is 0.525 e. The van der Waals surface area contributed by atoms with Crippen LogP contribution in [0.5, 0.6) is 11.6 Å². The van der Waals surface area contributed by atoms with E-state index in [4.69, 9.17) is 24.4 Å². The monoisotopic (exact) mass is 898 g/mol. The van der Waals surface area contributed by atoms with Gasteiger partial charge in [-0.15, -0.1) is 23.8 Å². The van der Waals surface area contributed by atoms with Crippen LogP contribution in [0, 0.1) is 38.3 Å². The molecule has 0 saturated heterocycles. The number of pyridine rings is 3. The fourth-order valence-corrected chi connectivity index (χ4v) is 8.63. The molecule has 5 aromatic rings. The molecule has 54 heavy (non-hydrogen) atoms. The van der Waals surface area contributed by atoms with Crippen LogP contribution in [0.4, 0.5) is 17.2 Å². The largest absolute Gasteiger partial charge is 2.00 e. The normalized spacial score (nSPS) is 20.9. The molecule has 0 N–H and O–H groups in total. The van der Waals surface area contributed by atoms with E-state index in [0.29, 0.717) is 17.2 Å². The molecule has 0 unspecified atom stereocenters. The maximum atomic E-state index is 7.03. The standard InChI is InChI=1S/C46H49N5O2.Pt/c1-27-13-14-36-35(19-27)44(10,11)40-37(51(36)38-23-32(16-18-47-38)42(4,5)6)24-33(26-49-40)52-39-22-30(15-17-48-39)41-50-45(12)34-21-29(3)28(2)20-31(34)25-46(45,53-41)43(7,8)9;/h13-21,23,26H,25H2,1-12H3;/q-2;+2/t45-,46-;/m1./s1. The molecule has 5 heterocycles. The Hall–Kier alpha value is -4.35. The molecule has 0 saturated carbocycles. The second-order valence-electron chi connectivity index (χ2n) is 17.9. The summed E-state index contributed by atoms with van der Waals surface area (Å²) in [4.78, 5) is 22.0. The predicted octanol–water partition coefficient (Wildman–Crippen LogP) is 10.6. The molecule has 0 bridgehead atoms. The average molecular weight is 899 g/mol. The summed E-state index contributed by atoms with van der Waals surface area (Å²) in [5, 5.41) is 0. The van der Waals surface area contributed by atoms with Crippen LogP contribution in [0.25, 0.3) is 0 Å². The first kappa shape index (κ1) is 37.9. The zero-order chi connectivity index (χ0) is 37.9. The molecule has 8 heteroatoms. The van der Waals surface area contributed by atoms with Crippen molar-refractivity contribution < 1.29 is 30.5 Å². The molecule has 1 aliphatic carbocycles. The molecule has 2 aromatic carbocycles. The first-order valence-corrected chi connectivity index (χ1v) is 18.6. The molecule has 3 aliphatic rings. The van der Waals surface area contributed by atoms with Crippen molar-refractivity contribution in [3.63, 3.8) is 0 Å². The van der Waals surface area contributed by atoms with Crippen molar-refractivity contribution in [2.45, 2.75) is 111 Å². The zero-order valence-electron chi connectivity index (χ0n) is 33.4. The van der Waals surface area contributed by atoms with Crippen LogP contribution in [0.3, 0.4) is 0 Å². The van der Waals surface area contributed by atoms with Crippen molar-refractivity contribution in [2.75, 3.05) is 4.90 Å². The number of hydrogen-bond acceptors (Lipinski definition) is 7. The number of benzene rings is 2. The van der Waals surface area contributed by atoms with Gasteiger partial charge in [0.1, 0.15) is 22.9 Å². The van der Waals surface area contributed by atoms with Crippen LogP contribution in [0.2, 0.25) is 0 Å². The number of aliphatic imine (C=N–C) groups is 1. The first-order chi connectivity index (χ1) is 24.8. The third kappa shape index (κ3) is 5.72. The average Bonchev–Trinajstić information content (AvgIpc) is 3.52. The minimum atomic E-state index is -0.563. The van der Waals surface area contributed by atoms with E-state index in [1.807, 2.05) is 12.3 Å².